The third-order valence-corrected chi connectivity index (χ3v) is 2.74. The van der Waals surface area contributed by atoms with Crippen molar-refractivity contribution in [1.82, 2.24) is 5.32 Å². The molecule has 88 valence electrons. The van der Waals surface area contributed by atoms with Gasteiger partial charge >= 0.3 is 0 Å². The fraction of sp³-hybridized carbons (Fsp3) is 0.417. The molecule has 16 heavy (non-hydrogen) atoms. The third kappa shape index (κ3) is 3.85. The van der Waals surface area contributed by atoms with Crippen molar-refractivity contribution >= 4 is 21.8 Å². The number of benzene rings is 1. The zero-order valence-electron chi connectivity index (χ0n) is 9.46. The minimum absolute atomic E-state index is 0.0920. The van der Waals surface area contributed by atoms with Gasteiger partial charge in [0.15, 0.2) is 0 Å². The van der Waals surface area contributed by atoms with Crippen LogP contribution in [0.1, 0.15) is 29.3 Å². The van der Waals surface area contributed by atoms with Gasteiger partial charge in [-0.25, -0.2) is 0 Å². The average Bonchev–Trinajstić information content (AvgIpc) is 2.16. The molecular weight excluding hydrogens is 270 g/mol. The molecule has 0 saturated carbocycles. The summed E-state index contributed by atoms with van der Waals surface area (Å²) in [6.07, 6.45) is 0.892. The third-order valence-electron chi connectivity index (χ3n) is 2.28. The lowest BCUT2D eigenvalue weighted by Gasteiger charge is -2.08. The summed E-state index contributed by atoms with van der Waals surface area (Å²) in [4.78, 5) is 12.1. The molecule has 0 heterocycles. The van der Waals surface area contributed by atoms with E-state index in [1.54, 1.807) is 12.1 Å². The number of aromatic hydroxyl groups is 1. The van der Waals surface area contributed by atoms with E-state index in [0.717, 1.165) is 12.0 Å². The number of aryl methyl sites for hydroxylation is 1. The summed E-state index contributed by atoms with van der Waals surface area (Å²) in [6, 6.07) is 4.74. The maximum absolute atomic E-state index is 11.8. The Morgan fingerprint density at radius 3 is 2.81 bits per heavy atom. The van der Waals surface area contributed by atoms with Crippen molar-refractivity contribution in [3.8, 4) is 5.75 Å². The Balaban J connectivity index is 2.59. The van der Waals surface area contributed by atoms with Crippen molar-refractivity contribution in [2.24, 2.45) is 0 Å². The molecule has 0 aliphatic heterocycles. The van der Waals surface area contributed by atoms with Gasteiger partial charge in [0.1, 0.15) is 5.75 Å². The molecule has 0 spiro atoms. The fourth-order valence-corrected chi connectivity index (χ4v) is 1.61. The van der Waals surface area contributed by atoms with Crippen molar-refractivity contribution < 1.29 is 9.90 Å². The molecule has 1 atom stereocenters. The topological polar surface area (TPSA) is 49.3 Å². The lowest BCUT2D eigenvalue weighted by molar-refractivity contribution is 0.0953. The van der Waals surface area contributed by atoms with E-state index in [4.69, 9.17) is 0 Å². The van der Waals surface area contributed by atoms with E-state index < -0.39 is 0 Å². The molecule has 1 amide bonds. The highest BCUT2D eigenvalue weighted by molar-refractivity contribution is 9.09. The number of amides is 1. The molecule has 0 aliphatic rings. The van der Waals surface area contributed by atoms with Crippen molar-refractivity contribution in [1.29, 1.82) is 0 Å². The molecule has 2 N–H and O–H groups in total. The van der Waals surface area contributed by atoms with Crippen molar-refractivity contribution in [3.05, 3.63) is 29.3 Å². The number of halogens is 1. The van der Waals surface area contributed by atoms with Crippen LogP contribution in [0, 0.1) is 6.92 Å². The Morgan fingerprint density at radius 1 is 1.56 bits per heavy atom. The highest BCUT2D eigenvalue weighted by Gasteiger charge is 2.08. The molecule has 1 unspecified atom stereocenters. The average molecular weight is 286 g/mol. The predicted octanol–water partition coefficient (Wildman–Crippen LogP) is 2.60. The quantitative estimate of drug-likeness (QED) is 0.836. The zero-order valence-corrected chi connectivity index (χ0v) is 11.0. The van der Waals surface area contributed by atoms with Crippen LogP contribution in [0.2, 0.25) is 0 Å². The van der Waals surface area contributed by atoms with Gasteiger partial charge in [0.05, 0.1) is 0 Å². The SMILES string of the molecule is Cc1cc(O)ccc1C(=O)NCCC(C)Br. The summed E-state index contributed by atoms with van der Waals surface area (Å²) in [5.41, 5.74) is 1.39. The fourth-order valence-electron chi connectivity index (χ4n) is 1.38. The number of alkyl halides is 1. The number of hydrogen-bond acceptors (Lipinski definition) is 2. The number of carbonyl (C=O) groups excluding carboxylic acids is 1. The summed E-state index contributed by atoms with van der Waals surface area (Å²) >= 11 is 3.42. The molecule has 1 aromatic rings. The number of nitrogens with one attached hydrogen (secondary N) is 1. The maximum atomic E-state index is 11.8. The molecule has 1 aromatic carbocycles. The number of hydrogen-bond donors (Lipinski definition) is 2. The zero-order chi connectivity index (χ0) is 12.1. The summed E-state index contributed by atoms with van der Waals surface area (Å²) in [5.74, 6) is 0.0915. The Bertz CT molecular complexity index is 377. The standard InChI is InChI=1S/C12H16BrNO2/c1-8-7-10(15)3-4-11(8)12(16)14-6-5-9(2)13/h3-4,7,9,15H,5-6H2,1-2H3,(H,14,16). The van der Waals surface area contributed by atoms with E-state index >= 15 is 0 Å². The van der Waals surface area contributed by atoms with Gasteiger partial charge in [-0.15, -0.1) is 0 Å². The van der Waals surface area contributed by atoms with E-state index in [1.165, 1.54) is 6.07 Å². The van der Waals surface area contributed by atoms with Crippen molar-refractivity contribution in [2.75, 3.05) is 6.54 Å². The lowest BCUT2D eigenvalue weighted by atomic mass is 10.1. The first-order chi connectivity index (χ1) is 7.50. The largest absolute Gasteiger partial charge is 0.508 e. The molecule has 0 saturated heterocycles. The molecule has 1 rings (SSSR count). The first-order valence-electron chi connectivity index (χ1n) is 5.22. The highest BCUT2D eigenvalue weighted by Crippen LogP contribution is 2.15. The minimum Gasteiger partial charge on any atom is -0.508 e. The van der Waals surface area contributed by atoms with Crippen molar-refractivity contribution in [3.63, 3.8) is 0 Å². The van der Waals surface area contributed by atoms with E-state index in [2.05, 4.69) is 21.2 Å². The van der Waals surface area contributed by atoms with Crippen LogP contribution in [0.4, 0.5) is 0 Å². The van der Waals surface area contributed by atoms with Crippen LogP contribution < -0.4 is 5.32 Å². The van der Waals surface area contributed by atoms with Gasteiger partial charge in [0, 0.05) is 16.9 Å². The number of rotatable bonds is 4. The highest BCUT2D eigenvalue weighted by atomic mass is 79.9. The lowest BCUT2D eigenvalue weighted by Crippen LogP contribution is -2.26. The molecule has 0 radical (unpaired) electrons. The van der Waals surface area contributed by atoms with Gasteiger partial charge in [0.2, 0.25) is 0 Å². The van der Waals surface area contributed by atoms with Crippen LogP contribution in [0.5, 0.6) is 5.75 Å². The Hall–Kier alpha value is -1.03. The van der Waals surface area contributed by atoms with Gasteiger partial charge in [-0.2, -0.15) is 0 Å². The van der Waals surface area contributed by atoms with E-state index in [-0.39, 0.29) is 11.7 Å². The van der Waals surface area contributed by atoms with Gasteiger partial charge in [0.25, 0.3) is 5.91 Å². The van der Waals surface area contributed by atoms with E-state index in [1.807, 2.05) is 13.8 Å². The summed E-state index contributed by atoms with van der Waals surface area (Å²) < 4.78 is 0. The molecule has 0 aromatic heterocycles. The molecule has 3 nitrogen and oxygen atoms in total. The molecule has 0 aliphatic carbocycles. The van der Waals surface area contributed by atoms with Gasteiger partial charge in [-0.3, -0.25) is 4.79 Å². The van der Waals surface area contributed by atoms with E-state index in [9.17, 15) is 9.90 Å². The second-order valence-electron chi connectivity index (χ2n) is 3.82. The predicted molar refractivity (Wildman–Crippen MR) is 68.2 cm³/mol. The molecule has 4 heteroatoms. The maximum Gasteiger partial charge on any atom is 0.251 e. The van der Waals surface area contributed by atoms with Crippen LogP contribution in [-0.2, 0) is 0 Å². The monoisotopic (exact) mass is 285 g/mol. The second-order valence-corrected chi connectivity index (χ2v) is 5.39. The first kappa shape index (κ1) is 13.0. The van der Waals surface area contributed by atoms with Crippen LogP contribution in [0.15, 0.2) is 18.2 Å². The van der Waals surface area contributed by atoms with Crippen LogP contribution in [-0.4, -0.2) is 22.4 Å². The number of phenols is 1. The van der Waals surface area contributed by atoms with Crippen molar-refractivity contribution in [2.45, 2.75) is 25.1 Å². The van der Waals surface area contributed by atoms with Crippen LogP contribution in [0.3, 0.4) is 0 Å². The van der Waals surface area contributed by atoms with E-state index in [0.29, 0.717) is 16.9 Å². The van der Waals surface area contributed by atoms with Crippen LogP contribution in [0.25, 0.3) is 0 Å². The Labute approximate surface area is 104 Å². The normalized spacial score (nSPS) is 12.2. The Kier molecular flexibility index (Phi) is 4.80. The summed E-state index contributed by atoms with van der Waals surface area (Å²) in [7, 11) is 0. The summed E-state index contributed by atoms with van der Waals surface area (Å²) in [5, 5.41) is 12.1. The van der Waals surface area contributed by atoms with Gasteiger partial charge in [-0.1, -0.05) is 22.9 Å². The Morgan fingerprint density at radius 2 is 2.25 bits per heavy atom. The van der Waals surface area contributed by atoms with Gasteiger partial charge < -0.3 is 10.4 Å². The first-order valence-corrected chi connectivity index (χ1v) is 6.14. The smallest absolute Gasteiger partial charge is 0.251 e. The van der Waals surface area contributed by atoms with Gasteiger partial charge in [-0.05, 0) is 37.1 Å². The molecular formula is C12H16BrNO2. The number of phenolic OH excluding ortho intramolecular Hbond substituents is 1. The number of carbonyl (C=O) groups is 1. The minimum atomic E-state index is -0.0920. The summed E-state index contributed by atoms with van der Waals surface area (Å²) in [6.45, 7) is 4.49. The molecule has 0 fully saturated rings. The van der Waals surface area contributed by atoms with Crippen LogP contribution >= 0.6 is 15.9 Å². The second kappa shape index (κ2) is 5.89. The molecule has 0 bridgehead atoms.